The van der Waals surface area contributed by atoms with Gasteiger partial charge in [-0.15, -0.1) is 0 Å². The molecule has 6 aromatic carbocycles. The fourth-order valence-corrected chi connectivity index (χ4v) is 11.0. The summed E-state index contributed by atoms with van der Waals surface area (Å²) >= 11 is 0. The van der Waals surface area contributed by atoms with Gasteiger partial charge in [0.05, 0.1) is 16.6 Å². The van der Waals surface area contributed by atoms with Crippen LogP contribution in [0.1, 0.15) is 95.0 Å². The van der Waals surface area contributed by atoms with Gasteiger partial charge in [0, 0.05) is 49.9 Å². The van der Waals surface area contributed by atoms with E-state index in [1.54, 1.807) is 0 Å². The van der Waals surface area contributed by atoms with Crippen LogP contribution in [0.4, 0.5) is 0 Å². The molecule has 6 aliphatic carbocycles. The Balaban J connectivity index is 1.36. The van der Waals surface area contributed by atoms with E-state index in [4.69, 9.17) is 0 Å². The van der Waals surface area contributed by atoms with Crippen molar-refractivity contribution in [1.82, 2.24) is 4.40 Å². The van der Waals surface area contributed by atoms with E-state index in [2.05, 4.69) is 83.3 Å². The molecule has 2 heterocycles. The summed E-state index contributed by atoms with van der Waals surface area (Å²) in [6, 6.07) is 29.6. The summed E-state index contributed by atoms with van der Waals surface area (Å²) in [5.41, 5.74) is 7.88. The highest BCUT2D eigenvalue weighted by atomic mass is 16.1. The van der Waals surface area contributed by atoms with Crippen LogP contribution < -0.4 is 0 Å². The molecule has 8 aromatic rings. The predicted octanol–water partition coefficient (Wildman–Crippen LogP) is 11.2. The van der Waals surface area contributed by atoms with Crippen LogP contribution in [-0.4, -0.2) is 16.0 Å². The molecule has 2 fully saturated rings. The monoisotopic (exact) mass is 607 g/mol. The molecular formula is C44H33NO2. The van der Waals surface area contributed by atoms with Gasteiger partial charge in [0.15, 0.2) is 11.6 Å². The lowest BCUT2D eigenvalue weighted by atomic mass is 9.82. The molecule has 0 amide bonds. The molecule has 4 bridgehead atoms. The summed E-state index contributed by atoms with van der Waals surface area (Å²) in [7, 11) is 0. The number of Topliss-reactive ketones (excluding diaryl/α,β-unsaturated/α-hetero) is 2. The van der Waals surface area contributed by atoms with Crippen molar-refractivity contribution in [1.29, 1.82) is 0 Å². The molecule has 2 saturated carbocycles. The highest BCUT2D eigenvalue weighted by molar-refractivity contribution is 6.40. The van der Waals surface area contributed by atoms with E-state index in [1.807, 2.05) is 0 Å². The second kappa shape index (κ2) is 8.58. The van der Waals surface area contributed by atoms with Crippen molar-refractivity contribution < 1.29 is 9.59 Å². The Morgan fingerprint density at radius 2 is 0.894 bits per heavy atom. The van der Waals surface area contributed by atoms with Crippen molar-refractivity contribution in [3.05, 3.63) is 101 Å². The maximum absolute atomic E-state index is 14.0. The van der Waals surface area contributed by atoms with Crippen LogP contribution in [0.2, 0.25) is 0 Å². The molecule has 2 aromatic heterocycles. The van der Waals surface area contributed by atoms with E-state index in [9.17, 15) is 9.59 Å². The Kier molecular flexibility index (Phi) is 4.62. The lowest BCUT2D eigenvalue weighted by molar-refractivity contribution is 0.0891. The number of fused-ring (bicyclic) bond motifs is 17. The Hall–Kier alpha value is -4.76. The molecule has 0 atom stereocenters. The van der Waals surface area contributed by atoms with E-state index >= 15 is 0 Å². The molecule has 0 unspecified atom stereocenters. The first-order valence-corrected chi connectivity index (χ1v) is 17.8. The quantitative estimate of drug-likeness (QED) is 0.161. The zero-order valence-corrected chi connectivity index (χ0v) is 26.2. The van der Waals surface area contributed by atoms with Crippen LogP contribution in [-0.2, 0) is 0 Å². The summed E-state index contributed by atoms with van der Waals surface area (Å²) in [4.78, 5) is 28.0. The zero-order valence-electron chi connectivity index (χ0n) is 26.2. The molecule has 3 nitrogen and oxygen atoms in total. The van der Waals surface area contributed by atoms with Crippen LogP contribution >= 0.6 is 0 Å². The maximum atomic E-state index is 14.0. The number of hydrogen-bond acceptors (Lipinski definition) is 2. The highest BCUT2D eigenvalue weighted by Gasteiger charge is 2.38. The number of nitrogens with zero attached hydrogens (tertiary/aromatic N) is 1. The number of hydrogen-bond donors (Lipinski definition) is 0. The van der Waals surface area contributed by atoms with Crippen molar-refractivity contribution in [3.8, 4) is 0 Å². The third-order valence-electron chi connectivity index (χ3n) is 13.2. The summed E-state index contributed by atoms with van der Waals surface area (Å²) in [5.74, 6) is 1.89. The minimum Gasteiger partial charge on any atom is -0.308 e. The average molecular weight is 608 g/mol. The summed E-state index contributed by atoms with van der Waals surface area (Å²) in [6.45, 7) is 0. The van der Waals surface area contributed by atoms with Crippen LogP contribution in [0.5, 0.6) is 0 Å². The first-order chi connectivity index (χ1) is 23.1. The Morgan fingerprint density at radius 3 is 1.49 bits per heavy atom. The summed E-state index contributed by atoms with van der Waals surface area (Å²) in [5, 5.41) is 12.7. The normalized spacial score (nSPS) is 24.0. The molecule has 0 N–H and O–H groups in total. The minimum atomic E-state index is 0.149. The largest absolute Gasteiger partial charge is 0.308 e. The van der Waals surface area contributed by atoms with Crippen LogP contribution in [0.25, 0.3) is 70.4 Å². The highest BCUT2D eigenvalue weighted by Crippen LogP contribution is 2.52. The van der Waals surface area contributed by atoms with Gasteiger partial charge in [0.2, 0.25) is 0 Å². The van der Waals surface area contributed by atoms with Gasteiger partial charge < -0.3 is 4.40 Å². The van der Waals surface area contributed by atoms with Gasteiger partial charge in [-0.25, -0.2) is 0 Å². The smallest absolute Gasteiger partial charge is 0.166 e. The molecule has 3 heteroatoms. The molecule has 0 saturated heterocycles. The Bertz CT molecular complexity index is 2750. The van der Waals surface area contributed by atoms with E-state index in [0.717, 1.165) is 73.5 Å². The number of carbonyl (C=O) groups excluding carboxylic acids is 2. The lowest BCUT2D eigenvalue weighted by Gasteiger charge is -2.22. The van der Waals surface area contributed by atoms with Gasteiger partial charge >= 0.3 is 0 Å². The Morgan fingerprint density at radius 1 is 0.426 bits per heavy atom. The lowest BCUT2D eigenvalue weighted by Crippen LogP contribution is -2.15. The molecule has 14 rings (SSSR count). The number of carbonyl (C=O) groups is 2. The number of aromatic nitrogens is 1. The molecule has 6 aliphatic rings. The van der Waals surface area contributed by atoms with E-state index in [1.165, 1.54) is 70.5 Å². The van der Waals surface area contributed by atoms with Crippen LogP contribution in [0.15, 0.2) is 78.9 Å². The van der Waals surface area contributed by atoms with Gasteiger partial charge in [-0.2, -0.15) is 0 Å². The predicted molar refractivity (Wildman–Crippen MR) is 192 cm³/mol. The SMILES string of the molecule is O=C1c2cc3c(cc2C2CCC1CC2)c1cc2c4ccccc4c4ccccc4c2c2c4cc5c(cc4n3c12)C(=O)C1CCC5CC1. The van der Waals surface area contributed by atoms with Crippen LogP contribution in [0, 0.1) is 11.8 Å². The van der Waals surface area contributed by atoms with Gasteiger partial charge in [-0.05, 0) is 132 Å². The Labute approximate surface area is 271 Å². The topological polar surface area (TPSA) is 38.5 Å². The van der Waals surface area contributed by atoms with Crippen molar-refractivity contribution in [3.63, 3.8) is 0 Å². The van der Waals surface area contributed by atoms with Gasteiger partial charge in [-0.1, -0.05) is 48.5 Å². The second-order valence-corrected chi connectivity index (χ2v) is 15.2. The van der Waals surface area contributed by atoms with Crippen molar-refractivity contribution in [2.45, 2.75) is 63.2 Å². The van der Waals surface area contributed by atoms with Crippen molar-refractivity contribution >= 4 is 82.0 Å². The van der Waals surface area contributed by atoms with Gasteiger partial charge in [0.25, 0.3) is 0 Å². The number of rotatable bonds is 0. The van der Waals surface area contributed by atoms with Crippen molar-refractivity contribution in [2.75, 3.05) is 0 Å². The molecule has 226 valence electrons. The van der Waals surface area contributed by atoms with E-state index in [0.29, 0.717) is 23.4 Å². The molecule has 0 aliphatic heterocycles. The maximum Gasteiger partial charge on any atom is 0.166 e. The molecular weight excluding hydrogens is 574 g/mol. The molecule has 0 radical (unpaired) electrons. The average Bonchev–Trinajstić information content (AvgIpc) is 3.44. The minimum absolute atomic E-state index is 0.149. The van der Waals surface area contributed by atoms with Gasteiger partial charge in [0.1, 0.15) is 0 Å². The second-order valence-electron chi connectivity index (χ2n) is 15.2. The molecule has 47 heavy (non-hydrogen) atoms. The molecule has 0 spiro atoms. The number of benzene rings is 6. The van der Waals surface area contributed by atoms with E-state index < -0.39 is 0 Å². The third-order valence-corrected chi connectivity index (χ3v) is 13.2. The first kappa shape index (κ1) is 25.3. The first-order valence-electron chi connectivity index (χ1n) is 17.8. The van der Waals surface area contributed by atoms with Crippen molar-refractivity contribution in [2.24, 2.45) is 11.8 Å². The fourth-order valence-electron chi connectivity index (χ4n) is 11.0. The zero-order chi connectivity index (χ0) is 30.7. The van der Waals surface area contributed by atoms with Crippen LogP contribution in [0.3, 0.4) is 0 Å². The van der Waals surface area contributed by atoms with Gasteiger partial charge in [-0.3, -0.25) is 9.59 Å². The third kappa shape index (κ3) is 3.01. The fraction of sp³-hybridized carbons (Fsp3) is 0.273. The standard InChI is InChI=1S/C44H33NO2/c46-43-24-13-9-22(10-14-24)30-17-32-34-19-33-28-7-2-1-5-26(28)27-6-3-4-8-29(27)40(33)41-37-18-31-23-11-15-25(16-12-23)44(47)36(31)21-39(37)45(42(34)41)38(32)20-35(30)43/h1-8,17-25H,9-16H2. The summed E-state index contributed by atoms with van der Waals surface area (Å²) in [6.07, 6.45) is 8.46. The van der Waals surface area contributed by atoms with E-state index in [-0.39, 0.29) is 11.8 Å². The number of ketones is 2. The summed E-state index contributed by atoms with van der Waals surface area (Å²) < 4.78 is 2.44.